The van der Waals surface area contributed by atoms with Crippen LogP contribution >= 0.6 is 0 Å². The van der Waals surface area contributed by atoms with E-state index in [9.17, 15) is 14.8 Å². The predicted molar refractivity (Wildman–Crippen MR) is 88.1 cm³/mol. The number of esters is 2. The van der Waals surface area contributed by atoms with Gasteiger partial charge in [0.1, 0.15) is 12.2 Å². The van der Waals surface area contributed by atoms with E-state index < -0.39 is 17.6 Å². The first-order chi connectivity index (χ1) is 11.7. The number of nitrogens with zero attached hydrogens (tertiary/aromatic N) is 3. The molecule has 1 fully saturated rings. The Morgan fingerprint density at radius 1 is 1.32 bits per heavy atom. The van der Waals surface area contributed by atoms with Gasteiger partial charge in [-0.3, -0.25) is 4.79 Å². The van der Waals surface area contributed by atoms with Crippen LogP contribution in [0.5, 0.6) is 0 Å². The van der Waals surface area contributed by atoms with Crippen molar-refractivity contribution >= 4 is 11.9 Å². The third-order valence-corrected chi connectivity index (χ3v) is 3.42. The van der Waals surface area contributed by atoms with Crippen molar-refractivity contribution in [2.24, 2.45) is 5.28 Å². The summed E-state index contributed by atoms with van der Waals surface area (Å²) < 4.78 is 10.1. The minimum absolute atomic E-state index is 0.208. The van der Waals surface area contributed by atoms with Crippen molar-refractivity contribution in [2.45, 2.75) is 71.4 Å². The SMILES string of the molecule is CCOC(=O)[C@@H]1CCCN1/[N+]([O-])=N/OCCCCC(=O)OC(C)(C)C. The van der Waals surface area contributed by atoms with Gasteiger partial charge in [0.25, 0.3) is 0 Å². The van der Waals surface area contributed by atoms with Crippen LogP contribution in [0.4, 0.5) is 0 Å². The molecule has 0 aromatic rings. The lowest BCUT2D eigenvalue weighted by molar-refractivity contribution is -0.712. The molecule has 1 rings (SSSR count). The van der Waals surface area contributed by atoms with Crippen LogP contribution in [0.3, 0.4) is 0 Å². The van der Waals surface area contributed by atoms with E-state index in [-0.39, 0.29) is 19.2 Å². The minimum Gasteiger partial charge on any atom is -0.569 e. The zero-order valence-electron chi connectivity index (χ0n) is 15.5. The van der Waals surface area contributed by atoms with E-state index in [0.29, 0.717) is 43.6 Å². The molecule has 0 aromatic heterocycles. The first-order valence-corrected chi connectivity index (χ1v) is 8.70. The molecular weight excluding hydrogens is 330 g/mol. The van der Waals surface area contributed by atoms with Crippen molar-refractivity contribution in [3.05, 3.63) is 5.21 Å². The topological polar surface area (TPSA) is 104 Å². The van der Waals surface area contributed by atoms with Crippen LogP contribution in [0.15, 0.2) is 5.28 Å². The summed E-state index contributed by atoms with van der Waals surface area (Å²) in [5.41, 5.74) is -0.489. The van der Waals surface area contributed by atoms with Crippen LogP contribution in [0.2, 0.25) is 0 Å². The van der Waals surface area contributed by atoms with Crippen molar-refractivity contribution in [3.63, 3.8) is 0 Å². The fraction of sp³-hybridized carbons (Fsp3) is 0.875. The molecule has 144 valence electrons. The van der Waals surface area contributed by atoms with Gasteiger partial charge in [-0.15, -0.1) is 5.01 Å². The highest BCUT2D eigenvalue weighted by Gasteiger charge is 2.38. The molecule has 9 heteroatoms. The molecule has 0 radical (unpaired) electrons. The van der Waals surface area contributed by atoms with Gasteiger partial charge in [-0.2, -0.15) is 0 Å². The number of carbonyl (C=O) groups excluding carboxylic acids is 2. The Labute approximate surface area is 148 Å². The van der Waals surface area contributed by atoms with Crippen LogP contribution in [0, 0.1) is 5.21 Å². The summed E-state index contributed by atoms with van der Waals surface area (Å²) in [6, 6.07) is -0.614. The molecule has 1 aliphatic heterocycles. The molecule has 0 unspecified atom stereocenters. The van der Waals surface area contributed by atoms with E-state index in [1.54, 1.807) is 6.92 Å². The zero-order valence-corrected chi connectivity index (χ0v) is 15.5. The van der Waals surface area contributed by atoms with Crippen molar-refractivity contribution in [1.29, 1.82) is 0 Å². The molecule has 0 aliphatic carbocycles. The Morgan fingerprint density at radius 2 is 2.04 bits per heavy atom. The Kier molecular flexibility index (Phi) is 8.44. The van der Waals surface area contributed by atoms with E-state index in [1.165, 1.54) is 5.01 Å². The quantitative estimate of drug-likeness (QED) is 0.205. The van der Waals surface area contributed by atoms with E-state index >= 15 is 0 Å². The van der Waals surface area contributed by atoms with Crippen LogP contribution in [0.25, 0.3) is 0 Å². The Balaban J connectivity index is 2.27. The third kappa shape index (κ3) is 8.04. The number of ether oxygens (including phenoxy) is 2. The lowest BCUT2D eigenvalue weighted by atomic mass is 10.2. The van der Waals surface area contributed by atoms with Crippen molar-refractivity contribution in [3.8, 4) is 0 Å². The van der Waals surface area contributed by atoms with Crippen LogP contribution in [-0.4, -0.2) is 53.3 Å². The summed E-state index contributed by atoms with van der Waals surface area (Å²) in [6.07, 6.45) is 2.71. The number of hydrogen-bond acceptors (Lipinski definition) is 7. The maximum Gasteiger partial charge on any atom is 0.334 e. The number of carbonyl (C=O) groups is 2. The second-order valence-electron chi connectivity index (χ2n) is 6.78. The van der Waals surface area contributed by atoms with Gasteiger partial charge in [0.15, 0.2) is 6.04 Å². The number of unbranched alkanes of at least 4 members (excludes halogenated alkanes) is 1. The molecule has 0 aromatic carbocycles. The van der Waals surface area contributed by atoms with E-state index in [0.717, 1.165) is 0 Å². The molecule has 0 bridgehead atoms. The fourth-order valence-electron chi connectivity index (χ4n) is 2.40. The van der Waals surface area contributed by atoms with Gasteiger partial charge in [0.2, 0.25) is 5.28 Å². The summed E-state index contributed by atoms with van der Waals surface area (Å²) in [5.74, 6) is -0.683. The highest BCUT2D eigenvalue weighted by atomic mass is 16.7. The van der Waals surface area contributed by atoms with Crippen LogP contribution in [0.1, 0.15) is 59.8 Å². The normalized spacial score (nSPS) is 18.2. The Hall–Kier alpha value is -2.06. The van der Waals surface area contributed by atoms with Crippen LogP contribution < -0.4 is 0 Å². The highest BCUT2D eigenvalue weighted by Crippen LogP contribution is 2.18. The van der Waals surface area contributed by atoms with E-state index in [2.05, 4.69) is 5.28 Å². The molecular formula is C16H29N3O6. The fourth-order valence-corrected chi connectivity index (χ4v) is 2.40. The first kappa shape index (κ1) is 21.0. The molecule has 1 atom stereocenters. The second kappa shape index (κ2) is 10.0. The molecule has 0 amide bonds. The number of hydrazine groups is 1. The van der Waals surface area contributed by atoms with Gasteiger partial charge in [-0.05, 0) is 53.4 Å². The minimum atomic E-state index is -0.614. The lowest BCUT2D eigenvalue weighted by Crippen LogP contribution is -2.41. The average Bonchev–Trinajstić information content (AvgIpc) is 2.98. The van der Waals surface area contributed by atoms with Crippen molar-refractivity contribution in [1.82, 2.24) is 5.01 Å². The monoisotopic (exact) mass is 359 g/mol. The second-order valence-corrected chi connectivity index (χ2v) is 6.78. The molecule has 1 heterocycles. The first-order valence-electron chi connectivity index (χ1n) is 8.70. The molecule has 0 saturated carbocycles. The maximum atomic E-state index is 11.9. The third-order valence-electron chi connectivity index (χ3n) is 3.42. The Morgan fingerprint density at radius 3 is 2.68 bits per heavy atom. The summed E-state index contributed by atoms with van der Waals surface area (Å²) in [5, 5.41) is 16.7. The Bertz CT molecular complexity index is 475. The maximum absolute atomic E-state index is 11.9. The van der Waals surface area contributed by atoms with Gasteiger partial charge >= 0.3 is 11.9 Å². The average molecular weight is 359 g/mol. The van der Waals surface area contributed by atoms with E-state index in [4.69, 9.17) is 14.3 Å². The molecule has 0 spiro atoms. The molecule has 1 aliphatic rings. The van der Waals surface area contributed by atoms with Gasteiger partial charge < -0.3 is 19.5 Å². The summed E-state index contributed by atoms with van der Waals surface area (Å²) in [7, 11) is 0. The molecule has 0 N–H and O–H groups in total. The van der Waals surface area contributed by atoms with Crippen LogP contribution in [-0.2, 0) is 23.9 Å². The van der Waals surface area contributed by atoms with Gasteiger partial charge in [-0.1, -0.05) is 0 Å². The lowest BCUT2D eigenvalue weighted by Gasteiger charge is -2.19. The standard InChI is InChI=1S/C16H29N3O6/c1-5-23-15(21)13-9-8-11-18(13)19(22)17-24-12-7-6-10-14(20)25-16(2,3)4/h13H,5-12H2,1-4H3/b19-17-/t13-/m0/s1. The predicted octanol–water partition coefficient (Wildman–Crippen LogP) is 2.33. The van der Waals surface area contributed by atoms with Crippen molar-refractivity contribution < 1.29 is 28.9 Å². The highest BCUT2D eigenvalue weighted by molar-refractivity contribution is 5.75. The molecule has 25 heavy (non-hydrogen) atoms. The van der Waals surface area contributed by atoms with Gasteiger partial charge in [-0.25, -0.2) is 4.79 Å². The molecule has 9 nitrogen and oxygen atoms in total. The zero-order chi connectivity index (χ0) is 18.9. The number of hydrogen-bond donors (Lipinski definition) is 0. The number of rotatable bonds is 9. The van der Waals surface area contributed by atoms with Crippen molar-refractivity contribution in [2.75, 3.05) is 19.8 Å². The van der Waals surface area contributed by atoms with Gasteiger partial charge in [0.05, 0.1) is 18.1 Å². The smallest absolute Gasteiger partial charge is 0.334 e. The molecule has 1 saturated heterocycles. The summed E-state index contributed by atoms with van der Waals surface area (Å²) in [6.45, 7) is 8.08. The van der Waals surface area contributed by atoms with Gasteiger partial charge in [0, 0.05) is 6.42 Å². The summed E-state index contributed by atoms with van der Waals surface area (Å²) in [4.78, 5) is 28.6. The van der Waals surface area contributed by atoms with E-state index in [1.807, 2.05) is 20.8 Å². The summed E-state index contributed by atoms with van der Waals surface area (Å²) >= 11 is 0. The largest absolute Gasteiger partial charge is 0.569 e.